The Bertz CT molecular complexity index is 980. The third-order valence-electron chi connectivity index (χ3n) is 5.54. The van der Waals surface area contributed by atoms with Crippen LogP contribution in [0.5, 0.6) is 0 Å². The molecule has 162 valence electrons. The number of nitrogens with one attached hydrogen (secondary N) is 1. The SMILES string of the molecule is CN(C)c1ccc(C(CNC(=O)c2cc(-c3ccccc3)on2)N2CCOCC2)cc1. The summed E-state index contributed by atoms with van der Waals surface area (Å²) < 4.78 is 10.9. The number of morpholine rings is 1. The summed E-state index contributed by atoms with van der Waals surface area (Å²) in [5.74, 6) is 0.337. The fraction of sp³-hybridized carbons (Fsp3) is 0.333. The number of hydrogen-bond acceptors (Lipinski definition) is 6. The van der Waals surface area contributed by atoms with Crippen molar-refractivity contribution in [3.8, 4) is 11.3 Å². The average molecular weight is 421 g/mol. The minimum absolute atomic E-state index is 0.0598. The molecule has 1 fully saturated rings. The van der Waals surface area contributed by atoms with Gasteiger partial charge in [-0.25, -0.2) is 0 Å². The molecule has 2 aromatic carbocycles. The molecule has 1 aliphatic heterocycles. The van der Waals surface area contributed by atoms with Gasteiger partial charge in [0.2, 0.25) is 0 Å². The van der Waals surface area contributed by atoms with E-state index in [0.29, 0.717) is 25.5 Å². The Balaban J connectivity index is 1.47. The lowest BCUT2D eigenvalue weighted by atomic mass is 10.0. The molecule has 2 heterocycles. The van der Waals surface area contributed by atoms with Crippen LogP contribution in [0.4, 0.5) is 5.69 Å². The molecule has 0 spiro atoms. The number of rotatable bonds is 7. The largest absolute Gasteiger partial charge is 0.379 e. The van der Waals surface area contributed by atoms with Crippen LogP contribution in [0, 0.1) is 0 Å². The zero-order valence-corrected chi connectivity index (χ0v) is 18.0. The lowest BCUT2D eigenvalue weighted by molar-refractivity contribution is 0.0162. The highest BCUT2D eigenvalue weighted by Crippen LogP contribution is 2.24. The maximum atomic E-state index is 12.8. The van der Waals surface area contributed by atoms with Gasteiger partial charge >= 0.3 is 0 Å². The summed E-state index contributed by atoms with van der Waals surface area (Å²) >= 11 is 0. The standard InChI is InChI=1S/C24H28N4O3/c1-27(2)20-10-8-18(9-11-20)22(28-12-14-30-15-13-28)17-25-24(29)21-16-23(31-26-21)19-6-4-3-5-7-19/h3-11,16,22H,12-15,17H2,1-2H3,(H,25,29). The van der Waals surface area contributed by atoms with Gasteiger partial charge in [-0.05, 0) is 17.7 Å². The molecule has 0 aliphatic carbocycles. The predicted octanol–water partition coefficient (Wildman–Crippen LogP) is 3.21. The first-order valence-electron chi connectivity index (χ1n) is 10.5. The number of benzene rings is 2. The van der Waals surface area contributed by atoms with Gasteiger partial charge in [-0.2, -0.15) is 0 Å². The van der Waals surface area contributed by atoms with Crippen molar-refractivity contribution >= 4 is 11.6 Å². The van der Waals surface area contributed by atoms with Crippen LogP contribution in [0.3, 0.4) is 0 Å². The van der Waals surface area contributed by atoms with Crippen LogP contribution in [-0.4, -0.2) is 62.9 Å². The van der Waals surface area contributed by atoms with E-state index in [2.05, 4.69) is 44.5 Å². The zero-order chi connectivity index (χ0) is 21.6. The summed E-state index contributed by atoms with van der Waals surface area (Å²) in [5.41, 5.74) is 3.48. The molecule has 7 nitrogen and oxygen atoms in total. The Hall–Kier alpha value is -3.16. The van der Waals surface area contributed by atoms with E-state index in [-0.39, 0.29) is 17.6 Å². The Morgan fingerprint density at radius 2 is 1.81 bits per heavy atom. The monoisotopic (exact) mass is 420 g/mol. The van der Waals surface area contributed by atoms with E-state index >= 15 is 0 Å². The summed E-state index contributed by atoms with van der Waals surface area (Å²) in [6, 6.07) is 19.8. The maximum Gasteiger partial charge on any atom is 0.273 e. The fourth-order valence-corrected chi connectivity index (χ4v) is 3.74. The minimum atomic E-state index is -0.242. The molecule has 1 aromatic heterocycles. The molecule has 31 heavy (non-hydrogen) atoms. The molecule has 1 N–H and O–H groups in total. The zero-order valence-electron chi connectivity index (χ0n) is 18.0. The summed E-state index contributed by atoms with van der Waals surface area (Å²) in [6.45, 7) is 3.54. The van der Waals surface area contributed by atoms with Gasteiger partial charge in [0.1, 0.15) is 0 Å². The maximum absolute atomic E-state index is 12.8. The van der Waals surface area contributed by atoms with Crippen molar-refractivity contribution in [3.63, 3.8) is 0 Å². The van der Waals surface area contributed by atoms with Gasteiger partial charge in [0.25, 0.3) is 5.91 Å². The summed E-state index contributed by atoms with van der Waals surface area (Å²) in [7, 11) is 4.05. The minimum Gasteiger partial charge on any atom is -0.379 e. The number of ether oxygens (including phenoxy) is 1. The number of anilines is 1. The van der Waals surface area contributed by atoms with Gasteiger partial charge in [-0.3, -0.25) is 9.69 Å². The Labute approximate surface area is 182 Å². The number of amides is 1. The number of nitrogens with zero attached hydrogens (tertiary/aromatic N) is 3. The van der Waals surface area contributed by atoms with Crippen LogP contribution in [0.25, 0.3) is 11.3 Å². The molecule has 0 bridgehead atoms. The summed E-state index contributed by atoms with van der Waals surface area (Å²) in [6.07, 6.45) is 0. The van der Waals surface area contributed by atoms with E-state index in [4.69, 9.17) is 9.26 Å². The molecular formula is C24H28N4O3. The van der Waals surface area contributed by atoms with Crippen molar-refractivity contribution in [2.75, 3.05) is 51.8 Å². The highest BCUT2D eigenvalue weighted by atomic mass is 16.5. The van der Waals surface area contributed by atoms with Crippen LogP contribution in [0.1, 0.15) is 22.1 Å². The van der Waals surface area contributed by atoms with Crippen LogP contribution in [-0.2, 0) is 4.74 Å². The molecule has 1 atom stereocenters. The average Bonchev–Trinajstić information content (AvgIpc) is 3.31. The van der Waals surface area contributed by atoms with E-state index in [9.17, 15) is 4.79 Å². The third-order valence-corrected chi connectivity index (χ3v) is 5.54. The van der Waals surface area contributed by atoms with Crippen LogP contribution >= 0.6 is 0 Å². The first-order valence-corrected chi connectivity index (χ1v) is 10.5. The second-order valence-electron chi connectivity index (χ2n) is 7.80. The van der Waals surface area contributed by atoms with Crippen LogP contribution < -0.4 is 10.2 Å². The summed E-state index contributed by atoms with van der Waals surface area (Å²) in [4.78, 5) is 17.2. The normalized spacial score (nSPS) is 15.4. The van der Waals surface area contributed by atoms with Crippen molar-refractivity contribution in [2.45, 2.75) is 6.04 Å². The molecular weight excluding hydrogens is 392 g/mol. The van der Waals surface area contributed by atoms with Gasteiger partial charge in [0, 0.05) is 51.0 Å². The number of carbonyl (C=O) groups is 1. The first kappa shape index (κ1) is 21.1. The lowest BCUT2D eigenvalue weighted by Gasteiger charge is -2.35. The van der Waals surface area contributed by atoms with Gasteiger partial charge in [-0.1, -0.05) is 47.6 Å². The molecule has 1 aliphatic rings. The van der Waals surface area contributed by atoms with Crippen molar-refractivity contribution in [2.24, 2.45) is 0 Å². The lowest BCUT2D eigenvalue weighted by Crippen LogP contribution is -2.43. The quantitative estimate of drug-likeness (QED) is 0.633. The Kier molecular flexibility index (Phi) is 6.64. The highest BCUT2D eigenvalue weighted by molar-refractivity contribution is 5.93. The van der Waals surface area contributed by atoms with E-state index < -0.39 is 0 Å². The second kappa shape index (κ2) is 9.76. The smallest absolute Gasteiger partial charge is 0.273 e. The predicted molar refractivity (Wildman–Crippen MR) is 120 cm³/mol. The molecule has 0 saturated carbocycles. The van der Waals surface area contributed by atoms with Crippen molar-refractivity contribution in [1.29, 1.82) is 0 Å². The van der Waals surface area contributed by atoms with Gasteiger partial charge in [0.15, 0.2) is 11.5 Å². The molecule has 3 aromatic rings. The number of carbonyl (C=O) groups excluding carboxylic acids is 1. The number of aromatic nitrogens is 1. The van der Waals surface area contributed by atoms with Gasteiger partial charge in [-0.15, -0.1) is 0 Å². The van der Waals surface area contributed by atoms with Gasteiger partial charge < -0.3 is 19.5 Å². The van der Waals surface area contributed by atoms with Crippen molar-refractivity contribution in [1.82, 2.24) is 15.4 Å². The van der Waals surface area contributed by atoms with E-state index in [1.807, 2.05) is 44.4 Å². The van der Waals surface area contributed by atoms with E-state index in [1.165, 1.54) is 0 Å². The molecule has 4 rings (SSSR count). The van der Waals surface area contributed by atoms with E-state index in [1.54, 1.807) is 6.07 Å². The van der Waals surface area contributed by atoms with Crippen molar-refractivity contribution < 1.29 is 14.1 Å². The molecule has 1 saturated heterocycles. The molecule has 7 heteroatoms. The fourth-order valence-electron chi connectivity index (χ4n) is 3.74. The van der Waals surface area contributed by atoms with Gasteiger partial charge in [0.05, 0.1) is 19.3 Å². The second-order valence-corrected chi connectivity index (χ2v) is 7.80. The Morgan fingerprint density at radius 3 is 2.48 bits per heavy atom. The summed E-state index contributed by atoms with van der Waals surface area (Å²) in [5, 5.41) is 7.00. The topological polar surface area (TPSA) is 70.8 Å². The highest BCUT2D eigenvalue weighted by Gasteiger charge is 2.24. The van der Waals surface area contributed by atoms with Crippen LogP contribution in [0.2, 0.25) is 0 Å². The first-order chi connectivity index (χ1) is 15.1. The molecule has 0 radical (unpaired) electrons. The van der Waals surface area contributed by atoms with E-state index in [0.717, 1.165) is 29.9 Å². The number of hydrogen-bond donors (Lipinski definition) is 1. The third kappa shape index (κ3) is 5.13. The Morgan fingerprint density at radius 1 is 1.10 bits per heavy atom. The molecule has 1 amide bonds. The molecule has 1 unspecified atom stereocenters. The van der Waals surface area contributed by atoms with Crippen LogP contribution in [0.15, 0.2) is 65.2 Å². The van der Waals surface area contributed by atoms with Crippen molar-refractivity contribution in [3.05, 3.63) is 71.9 Å².